The minimum Gasteiger partial charge on any atom is -0.468 e. The molecule has 2 aromatic carbocycles. The van der Waals surface area contributed by atoms with E-state index in [1.807, 2.05) is 12.1 Å². The van der Waals surface area contributed by atoms with Crippen molar-refractivity contribution in [1.29, 1.82) is 0 Å². The summed E-state index contributed by atoms with van der Waals surface area (Å²) in [5.74, 6) is -0.384. The highest BCUT2D eigenvalue weighted by Crippen LogP contribution is 2.21. The van der Waals surface area contributed by atoms with Gasteiger partial charge in [0.15, 0.2) is 0 Å². The van der Waals surface area contributed by atoms with Crippen LogP contribution in [0.5, 0.6) is 0 Å². The second kappa shape index (κ2) is 6.35. The molecular weight excluding hydrogens is 250 g/mol. The van der Waals surface area contributed by atoms with E-state index in [-0.39, 0.29) is 5.97 Å². The van der Waals surface area contributed by atoms with Crippen molar-refractivity contribution in [3.8, 4) is 11.1 Å². The molecule has 1 atom stereocenters. The maximum absolute atomic E-state index is 11.4. The van der Waals surface area contributed by atoms with Gasteiger partial charge in [-0.15, -0.1) is 0 Å². The van der Waals surface area contributed by atoms with E-state index in [1.165, 1.54) is 12.7 Å². The fourth-order valence-corrected chi connectivity index (χ4v) is 2.11. The Hall–Kier alpha value is -2.13. The molecule has 2 aromatic rings. The van der Waals surface area contributed by atoms with E-state index in [1.54, 1.807) is 0 Å². The Kier molecular flexibility index (Phi) is 4.53. The molecule has 2 N–H and O–H groups in total. The molecule has 0 aliphatic heterocycles. The smallest absolute Gasteiger partial charge is 0.322 e. The first-order chi connectivity index (χ1) is 9.60. The Bertz CT molecular complexity index is 590. The van der Waals surface area contributed by atoms with Gasteiger partial charge in [0.2, 0.25) is 0 Å². The summed E-state index contributed by atoms with van der Waals surface area (Å²) in [5.41, 5.74) is 10.3. The molecule has 0 heterocycles. The summed E-state index contributed by atoms with van der Waals surface area (Å²) in [4.78, 5) is 11.4. The topological polar surface area (TPSA) is 52.3 Å². The first-order valence-corrected chi connectivity index (χ1v) is 6.59. The Morgan fingerprint density at radius 2 is 1.85 bits per heavy atom. The van der Waals surface area contributed by atoms with Crippen molar-refractivity contribution < 1.29 is 9.53 Å². The van der Waals surface area contributed by atoms with Crippen molar-refractivity contribution in [2.24, 2.45) is 5.73 Å². The van der Waals surface area contributed by atoms with Gasteiger partial charge in [0.1, 0.15) is 6.04 Å². The van der Waals surface area contributed by atoms with Crippen molar-refractivity contribution in [3.05, 3.63) is 59.7 Å². The van der Waals surface area contributed by atoms with Crippen LogP contribution in [0.4, 0.5) is 0 Å². The van der Waals surface area contributed by atoms with Crippen LogP contribution in [0, 0.1) is 6.92 Å². The zero-order valence-electron chi connectivity index (χ0n) is 11.8. The summed E-state index contributed by atoms with van der Waals surface area (Å²) in [7, 11) is 1.35. The molecule has 0 bridgehead atoms. The summed E-state index contributed by atoms with van der Waals surface area (Å²) < 4.78 is 4.65. The Labute approximate surface area is 119 Å². The number of hydrogen-bond acceptors (Lipinski definition) is 3. The van der Waals surface area contributed by atoms with E-state index in [0.29, 0.717) is 6.42 Å². The molecule has 0 radical (unpaired) electrons. The van der Waals surface area contributed by atoms with E-state index >= 15 is 0 Å². The van der Waals surface area contributed by atoms with Crippen LogP contribution in [-0.2, 0) is 16.0 Å². The largest absolute Gasteiger partial charge is 0.468 e. The van der Waals surface area contributed by atoms with Crippen LogP contribution in [0.1, 0.15) is 11.1 Å². The number of benzene rings is 2. The van der Waals surface area contributed by atoms with Crippen LogP contribution in [-0.4, -0.2) is 19.1 Å². The highest BCUT2D eigenvalue weighted by Gasteiger charge is 2.14. The maximum Gasteiger partial charge on any atom is 0.322 e. The van der Waals surface area contributed by atoms with Gasteiger partial charge in [0.05, 0.1) is 7.11 Å². The van der Waals surface area contributed by atoms with Gasteiger partial charge >= 0.3 is 5.97 Å². The van der Waals surface area contributed by atoms with Gasteiger partial charge in [0, 0.05) is 0 Å². The van der Waals surface area contributed by atoms with Crippen molar-refractivity contribution in [1.82, 2.24) is 0 Å². The summed E-state index contributed by atoms with van der Waals surface area (Å²) in [5, 5.41) is 0. The molecule has 20 heavy (non-hydrogen) atoms. The molecule has 0 aromatic heterocycles. The van der Waals surface area contributed by atoms with Crippen LogP contribution in [0.25, 0.3) is 11.1 Å². The van der Waals surface area contributed by atoms with Crippen LogP contribution < -0.4 is 5.73 Å². The quantitative estimate of drug-likeness (QED) is 0.868. The van der Waals surface area contributed by atoms with Gasteiger partial charge in [-0.1, -0.05) is 54.1 Å². The standard InChI is InChI=1S/C17H19NO2/c1-12-6-8-14(9-7-12)15-5-3-4-13(10-15)11-16(18)17(19)20-2/h3-10,16H,11,18H2,1-2H3. The lowest BCUT2D eigenvalue weighted by atomic mass is 9.99. The Morgan fingerprint density at radius 3 is 2.50 bits per heavy atom. The average Bonchev–Trinajstić information content (AvgIpc) is 2.47. The Balaban J connectivity index is 2.20. The molecule has 104 valence electrons. The number of methoxy groups -OCH3 is 1. The number of ether oxygens (including phenoxy) is 1. The first-order valence-electron chi connectivity index (χ1n) is 6.59. The van der Waals surface area contributed by atoms with Gasteiger partial charge in [-0.2, -0.15) is 0 Å². The lowest BCUT2D eigenvalue weighted by molar-refractivity contribution is -0.142. The molecule has 0 aliphatic rings. The number of nitrogens with two attached hydrogens (primary N) is 1. The molecule has 3 heteroatoms. The molecule has 0 saturated heterocycles. The molecule has 0 spiro atoms. The summed E-state index contributed by atoms with van der Waals surface area (Å²) in [6.07, 6.45) is 0.479. The molecule has 0 fully saturated rings. The van der Waals surface area contributed by atoms with Gasteiger partial charge in [-0.05, 0) is 30.0 Å². The summed E-state index contributed by atoms with van der Waals surface area (Å²) in [6, 6.07) is 15.8. The summed E-state index contributed by atoms with van der Waals surface area (Å²) in [6.45, 7) is 2.07. The van der Waals surface area contributed by atoms with Gasteiger partial charge in [-0.3, -0.25) is 4.79 Å². The fourth-order valence-electron chi connectivity index (χ4n) is 2.11. The van der Waals surface area contributed by atoms with Crippen molar-refractivity contribution in [2.75, 3.05) is 7.11 Å². The first kappa shape index (κ1) is 14.3. The van der Waals surface area contributed by atoms with Crippen LogP contribution in [0.15, 0.2) is 48.5 Å². The fraction of sp³-hybridized carbons (Fsp3) is 0.235. The SMILES string of the molecule is COC(=O)C(N)Cc1cccc(-c2ccc(C)cc2)c1. The third kappa shape index (κ3) is 3.45. The van der Waals surface area contributed by atoms with E-state index in [0.717, 1.165) is 16.7 Å². The highest BCUT2D eigenvalue weighted by molar-refractivity contribution is 5.76. The van der Waals surface area contributed by atoms with E-state index in [9.17, 15) is 4.79 Å². The molecule has 0 amide bonds. The molecule has 1 unspecified atom stereocenters. The molecule has 2 rings (SSSR count). The third-order valence-corrected chi connectivity index (χ3v) is 3.27. The third-order valence-electron chi connectivity index (χ3n) is 3.27. The molecule has 3 nitrogen and oxygen atoms in total. The lowest BCUT2D eigenvalue weighted by Crippen LogP contribution is -2.33. The van der Waals surface area contributed by atoms with Crippen molar-refractivity contribution >= 4 is 5.97 Å². The Morgan fingerprint density at radius 1 is 1.15 bits per heavy atom. The monoisotopic (exact) mass is 269 g/mol. The molecule has 0 saturated carbocycles. The number of carbonyl (C=O) groups excluding carboxylic acids is 1. The maximum atomic E-state index is 11.4. The average molecular weight is 269 g/mol. The number of carbonyl (C=O) groups is 1. The van der Waals surface area contributed by atoms with Gasteiger partial charge in [-0.25, -0.2) is 0 Å². The normalized spacial score (nSPS) is 11.9. The van der Waals surface area contributed by atoms with Crippen LogP contribution in [0.3, 0.4) is 0 Å². The number of esters is 1. The minimum absolute atomic E-state index is 0.384. The predicted octanol–water partition coefficient (Wildman–Crippen LogP) is 2.70. The minimum atomic E-state index is -0.617. The van der Waals surface area contributed by atoms with Crippen molar-refractivity contribution in [3.63, 3.8) is 0 Å². The zero-order chi connectivity index (χ0) is 14.5. The molecular formula is C17H19NO2. The van der Waals surface area contributed by atoms with Crippen LogP contribution >= 0.6 is 0 Å². The predicted molar refractivity (Wildman–Crippen MR) is 80.3 cm³/mol. The number of aryl methyl sites for hydroxylation is 1. The van der Waals surface area contributed by atoms with E-state index < -0.39 is 6.04 Å². The number of hydrogen-bond donors (Lipinski definition) is 1. The van der Waals surface area contributed by atoms with E-state index in [4.69, 9.17) is 5.73 Å². The highest BCUT2D eigenvalue weighted by atomic mass is 16.5. The van der Waals surface area contributed by atoms with Crippen LogP contribution in [0.2, 0.25) is 0 Å². The summed E-state index contributed by atoms with van der Waals surface area (Å²) >= 11 is 0. The van der Waals surface area contributed by atoms with Gasteiger partial charge in [0.25, 0.3) is 0 Å². The lowest BCUT2D eigenvalue weighted by Gasteiger charge is -2.10. The van der Waals surface area contributed by atoms with E-state index in [2.05, 4.69) is 48.1 Å². The zero-order valence-corrected chi connectivity index (χ0v) is 11.8. The second-order valence-electron chi connectivity index (χ2n) is 4.90. The van der Waals surface area contributed by atoms with Gasteiger partial charge < -0.3 is 10.5 Å². The molecule has 0 aliphatic carbocycles. The number of rotatable bonds is 4. The van der Waals surface area contributed by atoms with Crippen molar-refractivity contribution in [2.45, 2.75) is 19.4 Å². The second-order valence-corrected chi connectivity index (χ2v) is 4.90.